The van der Waals surface area contributed by atoms with E-state index < -0.39 is 0 Å². The lowest BCUT2D eigenvalue weighted by molar-refractivity contribution is 0.368. The minimum absolute atomic E-state index is 0.0527. The average Bonchev–Trinajstić information content (AvgIpc) is 2.12. The molecule has 1 aromatic carbocycles. The van der Waals surface area contributed by atoms with Gasteiger partial charge >= 0.3 is 0 Å². The third-order valence-electron chi connectivity index (χ3n) is 1.52. The Kier molecular flexibility index (Phi) is 3.41. The van der Waals surface area contributed by atoms with Crippen LogP contribution < -0.4 is 4.74 Å². The van der Waals surface area contributed by atoms with Gasteiger partial charge in [0.25, 0.3) is 0 Å². The van der Waals surface area contributed by atoms with E-state index in [0.717, 1.165) is 5.56 Å². The monoisotopic (exact) mass is 215 g/mol. The summed E-state index contributed by atoms with van der Waals surface area (Å²) in [4.78, 5) is 0. The van der Waals surface area contributed by atoms with E-state index in [4.69, 9.17) is 33.2 Å². The van der Waals surface area contributed by atoms with Crippen LogP contribution in [-0.2, 0) is 0 Å². The topological polar surface area (TPSA) is 33.0 Å². The fraction of sp³-hybridized carbons (Fsp3) is 0.222. The predicted octanol–water partition coefficient (Wildman–Crippen LogP) is 3.20. The van der Waals surface area contributed by atoms with Crippen LogP contribution in [0.25, 0.3) is 0 Å². The van der Waals surface area contributed by atoms with Crippen molar-refractivity contribution in [1.29, 1.82) is 5.26 Å². The second-order valence-electron chi connectivity index (χ2n) is 2.45. The van der Waals surface area contributed by atoms with Crippen LogP contribution in [0, 0.1) is 18.3 Å². The first-order chi connectivity index (χ1) is 6.16. The Bertz CT molecular complexity index is 357. The summed E-state index contributed by atoms with van der Waals surface area (Å²) in [6.45, 7) is 1.79. The Balaban J connectivity index is 3.04. The maximum absolute atomic E-state index is 8.32. The highest BCUT2D eigenvalue weighted by atomic mass is 35.5. The summed E-state index contributed by atoms with van der Waals surface area (Å²) in [6.07, 6.45) is 0. The van der Waals surface area contributed by atoms with Crippen molar-refractivity contribution in [1.82, 2.24) is 0 Å². The van der Waals surface area contributed by atoms with E-state index in [0.29, 0.717) is 15.8 Å². The molecule has 0 unspecified atom stereocenters. The fourth-order valence-corrected chi connectivity index (χ4v) is 1.35. The van der Waals surface area contributed by atoms with E-state index in [1.165, 1.54) is 0 Å². The Morgan fingerprint density at radius 1 is 1.46 bits per heavy atom. The van der Waals surface area contributed by atoms with Crippen LogP contribution in [0.2, 0.25) is 10.0 Å². The quantitative estimate of drug-likeness (QED) is 0.760. The normalized spacial score (nSPS) is 9.38. The molecule has 0 aliphatic rings. The summed E-state index contributed by atoms with van der Waals surface area (Å²) in [7, 11) is 0. The molecule has 0 heterocycles. The largest absolute Gasteiger partial charge is 0.476 e. The minimum Gasteiger partial charge on any atom is -0.476 e. The molecule has 0 fully saturated rings. The SMILES string of the molecule is Cc1ccc(Cl)c(OCC#N)c1Cl. The zero-order chi connectivity index (χ0) is 9.84. The molecule has 13 heavy (non-hydrogen) atoms. The molecule has 0 aliphatic heterocycles. The highest BCUT2D eigenvalue weighted by molar-refractivity contribution is 6.37. The van der Waals surface area contributed by atoms with E-state index in [-0.39, 0.29) is 6.61 Å². The molecule has 0 aromatic heterocycles. The number of nitriles is 1. The van der Waals surface area contributed by atoms with Crippen molar-refractivity contribution in [2.24, 2.45) is 0 Å². The van der Waals surface area contributed by atoms with E-state index in [1.54, 1.807) is 12.1 Å². The molecule has 0 spiro atoms. The lowest BCUT2D eigenvalue weighted by atomic mass is 10.2. The predicted molar refractivity (Wildman–Crippen MR) is 52.3 cm³/mol. The van der Waals surface area contributed by atoms with Crippen molar-refractivity contribution in [3.63, 3.8) is 0 Å². The van der Waals surface area contributed by atoms with Crippen molar-refractivity contribution in [3.8, 4) is 11.8 Å². The number of hydrogen-bond donors (Lipinski definition) is 0. The molecule has 0 saturated heterocycles. The molecule has 0 N–H and O–H groups in total. The first kappa shape index (κ1) is 10.2. The number of hydrogen-bond acceptors (Lipinski definition) is 2. The molecule has 0 radical (unpaired) electrons. The van der Waals surface area contributed by atoms with Crippen LogP contribution in [0.3, 0.4) is 0 Å². The third kappa shape index (κ3) is 2.27. The number of aryl methyl sites for hydroxylation is 1. The number of benzene rings is 1. The Labute approximate surface area is 86.6 Å². The molecular weight excluding hydrogens is 209 g/mol. The number of rotatable bonds is 2. The Morgan fingerprint density at radius 3 is 2.77 bits per heavy atom. The van der Waals surface area contributed by atoms with E-state index >= 15 is 0 Å². The fourth-order valence-electron chi connectivity index (χ4n) is 0.868. The van der Waals surface area contributed by atoms with Crippen LogP contribution in [0.15, 0.2) is 12.1 Å². The molecule has 1 aromatic rings. The summed E-state index contributed by atoms with van der Waals surface area (Å²) in [6, 6.07) is 5.34. The van der Waals surface area contributed by atoms with E-state index in [1.807, 2.05) is 13.0 Å². The van der Waals surface area contributed by atoms with Crippen molar-refractivity contribution in [3.05, 3.63) is 27.7 Å². The number of halogens is 2. The number of nitrogens with zero attached hydrogens (tertiary/aromatic N) is 1. The zero-order valence-corrected chi connectivity index (χ0v) is 8.49. The summed E-state index contributed by atoms with van der Waals surface area (Å²) in [5.41, 5.74) is 0.874. The molecule has 0 atom stereocenters. The molecule has 2 nitrogen and oxygen atoms in total. The second kappa shape index (κ2) is 4.36. The van der Waals surface area contributed by atoms with Gasteiger partial charge in [-0.15, -0.1) is 0 Å². The van der Waals surface area contributed by atoms with Gasteiger partial charge in [-0.1, -0.05) is 29.3 Å². The first-order valence-corrected chi connectivity index (χ1v) is 4.36. The van der Waals surface area contributed by atoms with Crippen molar-refractivity contribution in [2.75, 3.05) is 6.61 Å². The summed E-state index contributed by atoms with van der Waals surface area (Å²) < 4.78 is 5.07. The molecular formula is C9H7Cl2NO. The summed E-state index contributed by atoms with van der Waals surface area (Å²) in [5, 5.41) is 9.20. The lowest BCUT2D eigenvalue weighted by Gasteiger charge is -2.08. The first-order valence-electron chi connectivity index (χ1n) is 3.61. The van der Waals surface area contributed by atoms with Gasteiger partial charge in [0.2, 0.25) is 0 Å². The van der Waals surface area contributed by atoms with Gasteiger partial charge in [0, 0.05) is 0 Å². The van der Waals surface area contributed by atoms with Gasteiger partial charge in [-0.2, -0.15) is 5.26 Å². The maximum Gasteiger partial charge on any atom is 0.174 e. The van der Waals surface area contributed by atoms with E-state index in [9.17, 15) is 0 Å². The second-order valence-corrected chi connectivity index (χ2v) is 3.24. The van der Waals surface area contributed by atoms with Crippen LogP contribution in [0.1, 0.15) is 5.56 Å². The highest BCUT2D eigenvalue weighted by Gasteiger charge is 2.08. The molecule has 0 aliphatic carbocycles. The zero-order valence-electron chi connectivity index (χ0n) is 6.97. The molecule has 68 valence electrons. The van der Waals surface area contributed by atoms with Gasteiger partial charge in [-0.3, -0.25) is 0 Å². The van der Waals surface area contributed by atoms with E-state index in [2.05, 4.69) is 0 Å². The smallest absolute Gasteiger partial charge is 0.174 e. The standard InChI is InChI=1S/C9H7Cl2NO/c1-6-2-3-7(10)9(8(6)11)13-5-4-12/h2-3H,5H2,1H3. The van der Waals surface area contributed by atoms with Crippen molar-refractivity contribution in [2.45, 2.75) is 6.92 Å². The van der Waals surface area contributed by atoms with Crippen LogP contribution >= 0.6 is 23.2 Å². The lowest BCUT2D eigenvalue weighted by Crippen LogP contribution is -1.95. The summed E-state index contributed by atoms with van der Waals surface area (Å²) in [5.74, 6) is 0.380. The number of ether oxygens (including phenoxy) is 1. The van der Waals surface area contributed by atoms with Gasteiger partial charge in [-0.05, 0) is 18.6 Å². The average molecular weight is 216 g/mol. The molecule has 0 saturated carbocycles. The summed E-state index contributed by atoms with van der Waals surface area (Å²) >= 11 is 11.7. The van der Waals surface area contributed by atoms with Gasteiger partial charge in [0.05, 0.1) is 10.0 Å². The molecule has 0 bridgehead atoms. The molecule has 4 heteroatoms. The van der Waals surface area contributed by atoms with Gasteiger partial charge < -0.3 is 4.74 Å². The van der Waals surface area contributed by atoms with Crippen molar-refractivity contribution < 1.29 is 4.74 Å². The third-order valence-corrected chi connectivity index (χ3v) is 2.29. The van der Waals surface area contributed by atoms with Gasteiger partial charge in [-0.25, -0.2) is 0 Å². The Morgan fingerprint density at radius 2 is 2.15 bits per heavy atom. The maximum atomic E-state index is 8.32. The van der Waals surface area contributed by atoms with Gasteiger partial charge in [0.1, 0.15) is 6.07 Å². The van der Waals surface area contributed by atoms with Gasteiger partial charge in [0.15, 0.2) is 12.4 Å². The Hall–Kier alpha value is -0.910. The molecule has 0 amide bonds. The van der Waals surface area contributed by atoms with Crippen LogP contribution in [0.5, 0.6) is 5.75 Å². The van der Waals surface area contributed by atoms with Crippen LogP contribution in [0.4, 0.5) is 0 Å². The highest BCUT2D eigenvalue weighted by Crippen LogP contribution is 2.34. The minimum atomic E-state index is -0.0527. The van der Waals surface area contributed by atoms with Crippen LogP contribution in [-0.4, -0.2) is 6.61 Å². The molecule has 1 rings (SSSR count). The van der Waals surface area contributed by atoms with Crippen molar-refractivity contribution >= 4 is 23.2 Å².